The first-order valence-electron chi connectivity index (χ1n) is 5.31. The summed E-state index contributed by atoms with van der Waals surface area (Å²) >= 11 is 3.42. The minimum Gasteiger partial charge on any atom is -0.365 e. The van der Waals surface area contributed by atoms with Crippen LogP contribution in [0.3, 0.4) is 0 Å². The van der Waals surface area contributed by atoms with Crippen molar-refractivity contribution in [1.82, 2.24) is 9.97 Å². The highest BCUT2D eigenvalue weighted by Gasteiger charge is 2.37. The Morgan fingerprint density at radius 2 is 2.07 bits per heavy atom. The standard InChI is InChI=1S/C11H16BrN3/c1-7(2)10-13-8(12)6-9(14-10)15-11(3)4-5-11/h6-7H,4-5H2,1-3H3,(H,13,14,15). The second-order valence-corrected chi connectivity index (χ2v) is 5.59. The van der Waals surface area contributed by atoms with E-state index in [-0.39, 0.29) is 5.54 Å². The normalized spacial score (nSPS) is 17.9. The lowest BCUT2D eigenvalue weighted by molar-refractivity contribution is 0.757. The summed E-state index contributed by atoms with van der Waals surface area (Å²) in [6.45, 7) is 6.42. The van der Waals surface area contributed by atoms with Crippen LogP contribution in [0.25, 0.3) is 0 Å². The zero-order valence-electron chi connectivity index (χ0n) is 9.34. The average molecular weight is 270 g/mol. The molecule has 3 nitrogen and oxygen atoms in total. The lowest BCUT2D eigenvalue weighted by atomic mass is 10.2. The van der Waals surface area contributed by atoms with Gasteiger partial charge in [-0.15, -0.1) is 0 Å². The van der Waals surface area contributed by atoms with Crippen molar-refractivity contribution in [2.45, 2.75) is 45.1 Å². The van der Waals surface area contributed by atoms with Crippen LogP contribution in [0.4, 0.5) is 5.82 Å². The van der Waals surface area contributed by atoms with Crippen LogP contribution in [-0.2, 0) is 0 Å². The lowest BCUT2D eigenvalue weighted by Gasteiger charge is -2.14. The molecule has 1 saturated carbocycles. The molecule has 1 aliphatic carbocycles. The van der Waals surface area contributed by atoms with Gasteiger partial charge in [0.25, 0.3) is 0 Å². The first-order chi connectivity index (χ1) is 6.98. The molecule has 0 unspecified atom stereocenters. The zero-order valence-corrected chi connectivity index (χ0v) is 10.9. The van der Waals surface area contributed by atoms with Gasteiger partial charge in [0.05, 0.1) is 0 Å². The van der Waals surface area contributed by atoms with E-state index in [0.29, 0.717) is 5.92 Å². The topological polar surface area (TPSA) is 37.8 Å². The number of anilines is 1. The number of hydrogen-bond donors (Lipinski definition) is 1. The summed E-state index contributed by atoms with van der Waals surface area (Å²) in [7, 11) is 0. The quantitative estimate of drug-likeness (QED) is 0.856. The van der Waals surface area contributed by atoms with Gasteiger partial charge in [-0.2, -0.15) is 0 Å². The molecular weight excluding hydrogens is 254 g/mol. The fraction of sp³-hybridized carbons (Fsp3) is 0.636. The third kappa shape index (κ3) is 2.68. The van der Waals surface area contributed by atoms with E-state index in [1.807, 2.05) is 6.07 Å². The molecular formula is C11H16BrN3. The molecule has 0 amide bonds. The molecule has 1 fully saturated rings. The molecule has 0 aromatic carbocycles. The SMILES string of the molecule is CC(C)c1nc(Br)cc(NC2(C)CC2)n1. The molecule has 4 heteroatoms. The van der Waals surface area contributed by atoms with Gasteiger partial charge in [-0.3, -0.25) is 0 Å². The Morgan fingerprint density at radius 3 is 2.60 bits per heavy atom. The van der Waals surface area contributed by atoms with Gasteiger partial charge in [0, 0.05) is 17.5 Å². The van der Waals surface area contributed by atoms with Crippen molar-refractivity contribution in [3.05, 3.63) is 16.5 Å². The summed E-state index contributed by atoms with van der Waals surface area (Å²) in [5, 5.41) is 3.45. The van der Waals surface area contributed by atoms with E-state index in [0.717, 1.165) is 16.2 Å². The van der Waals surface area contributed by atoms with Crippen molar-refractivity contribution in [2.24, 2.45) is 0 Å². The van der Waals surface area contributed by atoms with Gasteiger partial charge >= 0.3 is 0 Å². The number of halogens is 1. The second kappa shape index (κ2) is 3.74. The first-order valence-corrected chi connectivity index (χ1v) is 6.10. The molecule has 15 heavy (non-hydrogen) atoms. The van der Waals surface area contributed by atoms with E-state index < -0.39 is 0 Å². The summed E-state index contributed by atoms with van der Waals surface area (Å²) in [6.07, 6.45) is 2.46. The molecule has 82 valence electrons. The Balaban J connectivity index is 2.23. The van der Waals surface area contributed by atoms with Crippen LogP contribution in [-0.4, -0.2) is 15.5 Å². The molecule has 0 saturated heterocycles. The summed E-state index contributed by atoms with van der Waals surface area (Å²) in [4.78, 5) is 8.86. The Morgan fingerprint density at radius 1 is 1.40 bits per heavy atom. The van der Waals surface area contributed by atoms with Crippen LogP contribution in [0.5, 0.6) is 0 Å². The number of aromatic nitrogens is 2. The maximum Gasteiger partial charge on any atom is 0.134 e. The van der Waals surface area contributed by atoms with E-state index in [2.05, 4.69) is 52.0 Å². The third-order valence-corrected chi connectivity index (χ3v) is 3.06. The maximum atomic E-state index is 4.51. The van der Waals surface area contributed by atoms with Gasteiger partial charge in [0.1, 0.15) is 16.2 Å². The zero-order chi connectivity index (χ0) is 11.1. The highest BCUT2D eigenvalue weighted by atomic mass is 79.9. The Kier molecular flexibility index (Phi) is 2.71. The van der Waals surface area contributed by atoms with E-state index in [9.17, 15) is 0 Å². The maximum absolute atomic E-state index is 4.51. The molecule has 0 spiro atoms. The molecule has 0 aliphatic heterocycles. The van der Waals surface area contributed by atoms with Crippen LogP contribution in [0, 0.1) is 0 Å². The van der Waals surface area contributed by atoms with E-state index in [4.69, 9.17) is 0 Å². The minimum absolute atomic E-state index is 0.266. The molecule has 1 aromatic rings. The van der Waals surface area contributed by atoms with Crippen LogP contribution in [0.2, 0.25) is 0 Å². The van der Waals surface area contributed by atoms with E-state index in [1.54, 1.807) is 0 Å². The van der Waals surface area contributed by atoms with Gasteiger partial charge in [-0.05, 0) is 35.7 Å². The molecule has 1 aromatic heterocycles. The largest absolute Gasteiger partial charge is 0.365 e. The van der Waals surface area contributed by atoms with Crippen molar-refractivity contribution < 1.29 is 0 Å². The fourth-order valence-corrected chi connectivity index (χ4v) is 1.78. The summed E-state index contributed by atoms with van der Waals surface area (Å²) in [6, 6.07) is 1.94. The molecule has 1 N–H and O–H groups in total. The highest BCUT2D eigenvalue weighted by molar-refractivity contribution is 9.10. The molecule has 0 bridgehead atoms. The number of nitrogens with one attached hydrogen (secondary N) is 1. The predicted octanol–water partition coefficient (Wildman–Crippen LogP) is 3.33. The summed E-state index contributed by atoms with van der Waals surface area (Å²) in [5.41, 5.74) is 0.266. The van der Waals surface area contributed by atoms with Crippen molar-refractivity contribution >= 4 is 21.7 Å². The van der Waals surface area contributed by atoms with Gasteiger partial charge in [-0.1, -0.05) is 13.8 Å². The monoisotopic (exact) mass is 269 g/mol. The molecule has 0 radical (unpaired) electrons. The molecule has 0 atom stereocenters. The Labute approximate surface area is 98.8 Å². The van der Waals surface area contributed by atoms with Gasteiger partial charge in [0.15, 0.2) is 0 Å². The van der Waals surface area contributed by atoms with Crippen LogP contribution in [0.1, 0.15) is 45.4 Å². The van der Waals surface area contributed by atoms with E-state index >= 15 is 0 Å². The second-order valence-electron chi connectivity index (χ2n) is 4.77. The van der Waals surface area contributed by atoms with Crippen molar-refractivity contribution in [2.75, 3.05) is 5.32 Å². The van der Waals surface area contributed by atoms with Crippen molar-refractivity contribution in [3.8, 4) is 0 Å². The minimum atomic E-state index is 0.266. The Hall–Kier alpha value is -0.640. The van der Waals surface area contributed by atoms with E-state index in [1.165, 1.54) is 12.8 Å². The van der Waals surface area contributed by atoms with Crippen molar-refractivity contribution in [3.63, 3.8) is 0 Å². The van der Waals surface area contributed by atoms with Gasteiger partial charge in [0.2, 0.25) is 0 Å². The lowest BCUT2D eigenvalue weighted by Crippen LogP contribution is -2.17. The average Bonchev–Trinajstić information content (AvgIpc) is 2.81. The fourth-order valence-electron chi connectivity index (χ4n) is 1.38. The Bertz CT molecular complexity index is 372. The van der Waals surface area contributed by atoms with Gasteiger partial charge < -0.3 is 5.32 Å². The highest BCUT2D eigenvalue weighted by Crippen LogP contribution is 2.38. The summed E-state index contributed by atoms with van der Waals surface area (Å²) in [5.74, 6) is 2.17. The number of rotatable bonds is 3. The molecule has 1 aliphatic rings. The van der Waals surface area contributed by atoms with Crippen LogP contribution in [0.15, 0.2) is 10.7 Å². The number of nitrogens with zero attached hydrogens (tertiary/aromatic N) is 2. The van der Waals surface area contributed by atoms with Crippen LogP contribution < -0.4 is 5.32 Å². The predicted molar refractivity (Wildman–Crippen MR) is 65.1 cm³/mol. The molecule has 2 rings (SSSR count). The first kappa shape index (κ1) is 10.9. The number of hydrogen-bond acceptors (Lipinski definition) is 3. The van der Waals surface area contributed by atoms with Gasteiger partial charge in [-0.25, -0.2) is 9.97 Å². The van der Waals surface area contributed by atoms with Crippen LogP contribution >= 0.6 is 15.9 Å². The van der Waals surface area contributed by atoms with Crippen molar-refractivity contribution in [1.29, 1.82) is 0 Å². The third-order valence-electron chi connectivity index (χ3n) is 2.66. The smallest absolute Gasteiger partial charge is 0.134 e. The summed E-state index contributed by atoms with van der Waals surface area (Å²) < 4.78 is 0.855. The molecule has 1 heterocycles.